The van der Waals surface area contributed by atoms with Crippen LogP contribution in [-0.2, 0) is 24.0 Å². The smallest absolute Gasteiger partial charge is 0.408 e. The molecule has 1 fully saturated rings. The molecule has 0 radical (unpaired) electrons. The second kappa shape index (κ2) is 6.53. The van der Waals surface area contributed by atoms with Crippen LogP contribution in [0.4, 0.5) is 4.79 Å². The van der Waals surface area contributed by atoms with Crippen LogP contribution >= 0.6 is 0 Å². The van der Waals surface area contributed by atoms with Crippen molar-refractivity contribution in [1.29, 1.82) is 0 Å². The molecule has 2 N–H and O–H groups in total. The summed E-state index contributed by atoms with van der Waals surface area (Å²) in [7, 11) is 0. The summed E-state index contributed by atoms with van der Waals surface area (Å²) in [6.45, 7) is 4.11. The Labute approximate surface area is 121 Å². The summed E-state index contributed by atoms with van der Waals surface area (Å²) in [5.74, 6) is -2.43. The average molecular weight is 302 g/mol. The average Bonchev–Trinajstić information content (AvgIpc) is 2.65. The van der Waals surface area contributed by atoms with Gasteiger partial charge in [0.05, 0.1) is 6.61 Å². The van der Waals surface area contributed by atoms with E-state index in [2.05, 4.69) is 10.2 Å². The third-order valence-corrected chi connectivity index (χ3v) is 2.35. The molecule has 1 aliphatic rings. The molecule has 1 heterocycles. The Kier molecular flexibility index (Phi) is 5.25. The van der Waals surface area contributed by atoms with Crippen molar-refractivity contribution in [2.24, 2.45) is 0 Å². The number of hydroxylamine groups is 2. The Hall–Kier alpha value is -2.16. The van der Waals surface area contributed by atoms with E-state index in [-0.39, 0.29) is 12.8 Å². The van der Waals surface area contributed by atoms with Gasteiger partial charge in [0.25, 0.3) is 11.8 Å². The number of nitrogens with one attached hydrogen (secondary N) is 1. The molecule has 0 aliphatic carbocycles. The number of aliphatic hydroxyl groups excluding tert-OH is 1. The first kappa shape index (κ1) is 16.9. The van der Waals surface area contributed by atoms with Gasteiger partial charge in [0.1, 0.15) is 5.60 Å². The van der Waals surface area contributed by atoms with Crippen LogP contribution in [-0.4, -0.2) is 52.3 Å². The van der Waals surface area contributed by atoms with Crippen LogP contribution in [0.25, 0.3) is 0 Å². The lowest BCUT2D eigenvalue weighted by molar-refractivity contribution is -0.199. The first-order valence-electron chi connectivity index (χ1n) is 6.32. The minimum absolute atomic E-state index is 0.0462. The van der Waals surface area contributed by atoms with E-state index in [1.54, 1.807) is 20.8 Å². The highest BCUT2D eigenvalue weighted by Gasteiger charge is 2.35. The van der Waals surface area contributed by atoms with Crippen molar-refractivity contribution in [3.8, 4) is 0 Å². The van der Waals surface area contributed by atoms with Gasteiger partial charge < -0.3 is 20.0 Å². The van der Waals surface area contributed by atoms with E-state index >= 15 is 0 Å². The van der Waals surface area contributed by atoms with E-state index in [1.807, 2.05) is 0 Å². The van der Waals surface area contributed by atoms with Gasteiger partial charge in [-0.15, -0.1) is 5.06 Å². The van der Waals surface area contributed by atoms with E-state index in [9.17, 15) is 19.2 Å². The van der Waals surface area contributed by atoms with Gasteiger partial charge >= 0.3 is 12.1 Å². The fourth-order valence-corrected chi connectivity index (χ4v) is 1.44. The number of hydrogen-bond acceptors (Lipinski definition) is 7. The molecule has 0 aromatic carbocycles. The highest BCUT2D eigenvalue weighted by atomic mass is 16.7. The molecule has 21 heavy (non-hydrogen) atoms. The van der Waals surface area contributed by atoms with E-state index in [0.717, 1.165) is 0 Å². The molecule has 1 rings (SSSR count). The molecular weight excluding hydrogens is 284 g/mol. The monoisotopic (exact) mass is 302 g/mol. The van der Waals surface area contributed by atoms with Crippen molar-refractivity contribution in [2.75, 3.05) is 6.61 Å². The number of carbonyl (C=O) groups excluding carboxylic acids is 4. The number of carbonyl (C=O) groups is 4. The van der Waals surface area contributed by atoms with E-state index in [1.165, 1.54) is 0 Å². The van der Waals surface area contributed by atoms with Gasteiger partial charge in [-0.25, -0.2) is 9.59 Å². The van der Waals surface area contributed by atoms with Gasteiger partial charge in [-0.2, -0.15) is 0 Å². The molecule has 0 saturated carbocycles. The molecule has 1 atom stereocenters. The van der Waals surface area contributed by atoms with E-state index < -0.39 is 42.1 Å². The summed E-state index contributed by atoms with van der Waals surface area (Å²) >= 11 is 0. The van der Waals surface area contributed by atoms with Crippen LogP contribution in [0.3, 0.4) is 0 Å². The second-order valence-electron chi connectivity index (χ2n) is 5.37. The number of rotatable bonds is 4. The number of aliphatic hydroxyl groups is 1. The Morgan fingerprint density at radius 2 is 1.81 bits per heavy atom. The molecule has 1 saturated heterocycles. The summed E-state index contributed by atoms with van der Waals surface area (Å²) in [5.41, 5.74) is -0.783. The lowest BCUT2D eigenvalue weighted by Gasteiger charge is -2.22. The molecule has 0 aromatic rings. The zero-order chi connectivity index (χ0) is 16.2. The van der Waals surface area contributed by atoms with E-state index in [4.69, 9.17) is 9.84 Å². The van der Waals surface area contributed by atoms with Crippen molar-refractivity contribution >= 4 is 23.9 Å². The first-order valence-corrected chi connectivity index (χ1v) is 6.32. The molecule has 9 nitrogen and oxygen atoms in total. The van der Waals surface area contributed by atoms with Gasteiger partial charge in [0.2, 0.25) is 0 Å². The molecule has 0 spiro atoms. The Bertz CT molecular complexity index is 439. The zero-order valence-corrected chi connectivity index (χ0v) is 12.0. The molecule has 9 heteroatoms. The van der Waals surface area contributed by atoms with Gasteiger partial charge in [-0.3, -0.25) is 9.59 Å². The molecule has 1 unspecified atom stereocenters. The van der Waals surface area contributed by atoms with Crippen molar-refractivity contribution in [3.63, 3.8) is 0 Å². The topological polar surface area (TPSA) is 122 Å². The Morgan fingerprint density at radius 1 is 1.29 bits per heavy atom. The highest BCUT2D eigenvalue weighted by molar-refractivity contribution is 6.01. The van der Waals surface area contributed by atoms with Crippen molar-refractivity contribution in [3.05, 3.63) is 0 Å². The molecule has 0 bridgehead atoms. The number of nitrogens with zero attached hydrogens (tertiary/aromatic N) is 1. The maximum atomic E-state index is 11.7. The summed E-state index contributed by atoms with van der Waals surface area (Å²) in [5, 5.41) is 11.5. The van der Waals surface area contributed by atoms with Crippen molar-refractivity contribution in [1.82, 2.24) is 10.4 Å². The molecule has 0 aromatic heterocycles. The third-order valence-electron chi connectivity index (χ3n) is 2.35. The fourth-order valence-electron chi connectivity index (χ4n) is 1.44. The van der Waals surface area contributed by atoms with Gasteiger partial charge in [-0.05, 0) is 20.8 Å². The number of amides is 3. The first-order chi connectivity index (χ1) is 9.64. The van der Waals surface area contributed by atoms with Gasteiger partial charge in [0, 0.05) is 12.8 Å². The molecule has 3 amide bonds. The molecular formula is C12H18N2O7. The van der Waals surface area contributed by atoms with Gasteiger partial charge in [0.15, 0.2) is 6.04 Å². The standard InChI is InChI=1S/C12H18N2O7/c1-12(2,3)20-11(19)13-7(6-15)10(18)21-14-8(16)4-5-9(14)17/h7,15H,4-6H2,1-3H3,(H,13,19). The Balaban J connectivity index is 2.59. The SMILES string of the molecule is CC(C)(C)OC(=O)NC(CO)C(=O)ON1C(=O)CCC1=O. The van der Waals surface area contributed by atoms with Crippen LogP contribution in [0.15, 0.2) is 0 Å². The summed E-state index contributed by atoms with van der Waals surface area (Å²) < 4.78 is 4.92. The number of hydrogen-bond donors (Lipinski definition) is 2. The number of imide groups is 1. The highest BCUT2D eigenvalue weighted by Crippen LogP contribution is 2.13. The van der Waals surface area contributed by atoms with Crippen molar-refractivity contribution in [2.45, 2.75) is 45.3 Å². The summed E-state index contributed by atoms with van der Waals surface area (Å²) in [6.07, 6.45) is -1.03. The lowest BCUT2D eigenvalue weighted by Crippen LogP contribution is -2.48. The summed E-state index contributed by atoms with van der Waals surface area (Å²) in [6, 6.07) is -1.44. The number of alkyl carbamates (subject to hydrolysis) is 1. The maximum Gasteiger partial charge on any atom is 0.408 e. The predicted octanol–water partition coefficient (Wildman–Crippen LogP) is -0.521. The minimum atomic E-state index is -1.44. The van der Waals surface area contributed by atoms with Crippen LogP contribution < -0.4 is 5.32 Å². The quantitative estimate of drug-likeness (QED) is 0.670. The predicted molar refractivity (Wildman–Crippen MR) is 67.4 cm³/mol. The van der Waals surface area contributed by atoms with Crippen LogP contribution in [0.1, 0.15) is 33.6 Å². The lowest BCUT2D eigenvalue weighted by atomic mass is 10.2. The van der Waals surface area contributed by atoms with Crippen LogP contribution in [0, 0.1) is 0 Å². The zero-order valence-electron chi connectivity index (χ0n) is 12.0. The van der Waals surface area contributed by atoms with Crippen LogP contribution in [0.2, 0.25) is 0 Å². The Morgan fingerprint density at radius 3 is 2.24 bits per heavy atom. The largest absolute Gasteiger partial charge is 0.444 e. The normalized spacial score (nSPS) is 16.7. The fraction of sp³-hybridized carbons (Fsp3) is 0.667. The summed E-state index contributed by atoms with van der Waals surface area (Å²) in [4.78, 5) is 50.4. The third kappa shape index (κ3) is 5.03. The minimum Gasteiger partial charge on any atom is -0.444 e. The van der Waals surface area contributed by atoms with Crippen molar-refractivity contribution < 1.29 is 33.9 Å². The molecule has 118 valence electrons. The van der Waals surface area contributed by atoms with E-state index in [0.29, 0.717) is 5.06 Å². The maximum absolute atomic E-state index is 11.7. The molecule has 1 aliphatic heterocycles. The van der Waals surface area contributed by atoms with Gasteiger partial charge in [-0.1, -0.05) is 0 Å². The second-order valence-corrected chi connectivity index (χ2v) is 5.37. The number of ether oxygens (including phenoxy) is 1. The van der Waals surface area contributed by atoms with Crippen LogP contribution in [0.5, 0.6) is 0 Å².